The predicted octanol–water partition coefficient (Wildman–Crippen LogP) is 1.06. The standard InChI is InChI=1S/C11H21NO2/c13-7-6-11(8-14-9-11)12-10-4-2-1-3-5-10/h10,12-13H,1-9H2. The maximum atomic E-state index is 9.00. The second-order valence-corrected chi connectivity index (χ2v) is 4.73. The molecule has 2 rings (SSSR count). The summed E-state index contributed by atoms with van der Waals surface area (Å²) < 4.78 is 5.26. The molecule has 1 heterocycles. The maximum Gasteiger partial charge on any atom is 0.0677 e. The Morgan fingerprint density at radius 3 is 2.43 bits per heavy atom. The van der Waals surface area contributed by atoms with Gasteiger partial charge < -0.3 is 15.2 Å². The smallest absolute Gasteiger partial charge is 0.0677 e. The fraction of sp³-hybridized carbons (Fsp3) is 1.00. The van der Waals surface area contributed by atoms with Crippen LogP contribution in [0.5, 0.6) is 0 Å². The normalized spacial score (nSPS) is 27.2. The number of rotatable bonds is 4. The minimum absolute atomic E-state index is 0.108. The van der Waals surface area contributed by atoms with Gasteiger partial charge in [0.25, 0.3) is 0 Å². The first-order chi connectivity index (χ1) is 6.85. The zero-order chi connectivity index (χ0) is 9.86. The molecule has 0 unspecified atom stereocenters. The van der Waals surface area contributed by atoms with Gasteiger partial charge in [-0.15, -0.1) is 0 Å². The summed E-state index contributed by atoms with van der Waals surface area (Å²) in [6.45, 7) is 1.83. The van der Waals surface area contributed by atoms with E-state index in [1.807, 2.05) is 0 Å². The van der Waals surface area contributed by atoms with E-state index in [0.717, 1.165) is 19.6 Å². The first-order valence-electron chi connectivity index (χ1n) is 5.81. The molecule has 0 spiro atoms. The van der Waals surface area contributed by atoms with Crippen LogP contribution in [0.3, 0.4) is 0 Å². The Labute approximate surface area is 85.8 Å². The average molecular weight is 199 g/mol. The zero-order valence-electron chi connectivity index (χ0n) is 8.80. The second-order valence-electron chi connectivity index (χ2n) is 4.73. The van der Waals surface area contributed by atoms with E-state index in [9.17, 15) is 0 Å². The van der Waals surface area contributed by atoms with E-state index in [2.05, 4.69) is 5.32 Å². The average Bonchev–Trinajstić information content (AvgIpc) is 2.16. The molecule has 3 nitrogen and oxygen atoms in total. The van der Waals surface area contributed by atoms with Crippen LogP contribution in [0.2, 0.25) is 0 Å². The van der Waals surface area contributed by atoms with Gasteiger partial charge in [-0.2, -0.15) is 0 Å². The molecule has 14 heavy (non-hydrogen) atoms. The molecule has 0 aromatic rings. The van der Waals surface area contributed by atoms with Crippen molar-refractivity contribution in [2.24, 2.45) is 0 Å². The van der Waals surface area contributed by atoms with Crippen molar-refractivity contribution in [1.82, 2.24) is 5.32 Å². The topological polar surface area (TPSA) is 41.5 Å². The van der Waals surface area contributed by atoms with Gasteiger partial charge >= 0.3 is 0 Å². The third-order valence-electron chi connectivity index (χ3n) is 3.46. The molecule has 1 aliphatic heterocycles. The van der Waals surface area contributed by atoms with Crippen molar-refractivity contribution in [2.45, 2.75) is 50.1 Å². The quantitative estimate of drug-likeness (QED) is 0.711. The summed E-state index contributed by atoms with van der Waals surface area (Å²) in [7, 11) is 0. The molecule has 2 N–H and O–H groups in total. The van der Waals surface area contributed by atoms with Crippen LogP contribution in [0.1, 0.15) is 38.5 Å². The van der Waals surface area contributed by atoms with Crippen molar-refractivity contribution in [3.63, 3.8) is 0 Å². The van der Waals surface area contributed by atoms with E-state index < -0.39 is 0 Å². The third kappa shape index (κ3) is 2.27. The lowest BCUT2D eigenvalue weighted by Gasteiger charge is -2.45. The SMILES string of the molecule is OCCC1(NC2CCCCC2)COC1. The molecule has 0 atom stereocenters. The van der Waals surface area contributed by atoms with Crippen LogP contribution >= 0.6 is 0 Å². The highest BCUT2D eigenvalue weighted by atomic mass is 16.5. The van der Waals surface area contributed by atoms with Crippen LogP contribution in [0.25, 0.3) is 0 Å². The number of aliphatic hydroxyl groups is 1. The summed E-state index contributed by atoms with van der Waals surface area (Å²) >= 11 is 0. The summed E-state index contributed by atoms with van der Waals surface area (Å²) in [5.74, 6) is 0. The zero-order valence-corrected chi connectivity index (χ0v) is 8.80. The highest BCUT2D eigenvalue weighted by Gasteiger charge is 2.39. The van der Waals surface area contributed by atoms with Crippen LogP contribution in [0.4, 0.5) is 0 Å². The molecular weight excluding hydrogens is 178 g/mol. The first kappa shape index (κ1) is 10.4. The molecule has 2 aliphatic rings. The van der Waals surface area contributed by atoms with Crippen molar-refractivity contribution in [3.05, 3.63) is 0 Å². The Morgan fingerprint density at radius 2 is 1.93 bits per heavy atom. The van der Waals surface area contributed by atoms with Crippen molar-refractivity contribution in [3.8, 4) is 0 Å². The molecule has 0 amide bonds. The van der Waals surface area contributed by atoms with Crippen LogP contribution in [0, 0.1) is 0 Å². The lowest BCUT2D eigenvalue weighted by Crippen LogP contribution is -2.63. The molecule has 1 saturated heterocycles. The summed E-state index contributed by atoms with van der Waals surface area (Å²) in [5, 5.41) is 12.7. The van der Waals surface area contributed by atoms with Gasteiger partial charge in [0.1, 0.15) is 0 Å². The molecule has 3 heteroatoms. The molecule has 2 fully saturated rings. The Balaban J connectivity index is 1.80. The Bertz CT molecular complexity index is 174. The third-order valence-corrected chi connectivity index (χ3v) is 3.46. The van der Waals surface area contributed by atoms with Gasteiger partial charge in [-0.3, -0.25) is 0 Å². The lowest BCUT2D eigenvalue weighted by molar-refractivity contribution is -0.0903. The van der Waals surface area contributed by atoms with E-state index in [1.165, 1.54) is 32.1 Å². The maximum absolute atomic E-state index is 9.00. The van der Waals surface area contributed by atoms with Gasteiger partial charge in [-0.25, -0.2) is 0 Å². The lowest BCUT2D eigenvalue weighted by atomic mass is 9.88. The number of hydrogen-bond donors (Lipinski definition) is 2. The fourth-order valence-electron chi connectivity index (χ4n) is 2.54. The largest absolute Gasteiger partial charge is 0.396 e. The summed E-state index contributed by atoms with van der Waals surface area (Å²) in [4.78, 5) is 0. The fourth-order valence-corrected chi connectivity index (χ4v) is 2.54. The second kappa shape index (κ2) is 4.60. The molecule has 0 aromatic heterocycles. The van der Waals surface area contributed by atoms with Gasteiger partial charge in [0.05, 0.1) is 18.8 Å². The van der Waals surface area contributed by atoms with Crippen molar-refractivity contribution in [2.75, 3.05) is 19.8 Å². The molecule has 82 valence electrons. The minimum atomic E-state index is 0.108. The monoisotopic (exact) mass is 199 g/mol. The Kier molecular flexibility index (Phi) is 3.42. The number of aliphatic hydroxyl groups excluding tert-OH is 1. The number of ether oxygens (including phenoxy) is 1. The highest BCUT2D eigenvalue weighted by molar-refractivity contribution is 4.96. The summed E-state index contributed by atoms with van der Waals surface area (Å²) in [6.07, 6.45) is 7.53. The molecular formula is C11H21NO2. The summed E-state index contributed by atoms with van der Waals surface area (Å²) in [5.41, 5.74) is 0.108. The van der Waals surface area contributed by atoms with Crippen molar-refractivity contribution < 1.29 is 9.84 Å². The molecule has 1 saturated carbocycles. The van der Waals surface area contributed by atoms with Gasteiger partial charge in [0.2, 0.25) is 0 Å². The summed E-state index contributed by atoms with van der Waals surface area (Å²) in [6, 6.07) is 0.666. The van der Waals surface area contributed by atoms with Crippen LogP contribution in [-0.2, 0) is 4.74 Å². The molecule has 0 aromatic carbocycles. The Morgan fingerprint density at radius 1 is 1.21 bits per heavy atom. The Hall–Kier alpha value is -0.120. The van der Waals surface area contributed by atoms with E-state index in [4.69, 9.17) is 9.84 Å². The molecule has 0 radical (unpaired) electrons. The van der Waals surface area contributed by atoms with Gasteiger partial charge in [-0.05, 0) is 19.3 Å². The van der Waals surface area contributed by atoms with Gasteiger partial charge in [0.15, 0.2) is 0 Å². The predicted molar refractivity (Wildman–Crippen MR) is 55.3 cm³/mol. The minimum Gasteiger partial charge on any atom is -0.396 e. The van der Waals surface area contributed by atoms with E-state index in [-0.39, 0.29) is 12.1 Å². The van der Waals surface area contributed by atoms with E-state index in [0.29, 0.717) is 6.04 Å². The number of nitrogens with one attached hydrogen (secondary N) is 1. The van der Waals surface area contributed by atoms with E-state index in [1.54, 1.807) is 0 Å². The van der Waals surface area contributed by atoms with Gasteiger partial charge in [0, 0.05) is 12.6 Å². The van der Waals surface area contributed by atoms with Crippen molar-refractivity contribution >= 4 is 0 Å². The molecule has 0 bridgehead atoms. The van der Waals surface area contributed by atoms with Crippen LogP contribution in [-0.4, -0.2) is 36.5 Å². The highest BCUT2D eigenvalue weighted by Crippen LogP contribution is 2.26. The molecule has 1 aliphatic carbocycles. The number of hydrogen-bond acceptors (Lipinski definition) is 3. The first-order valence-corrected chi connectivity index (χ1v) is 5.81. The van der Waals surface area contributed by atoms with Crippen molar-refractivity contribution in [1.29, 1.82) is 0 Å². The van der Waals surface area contributed by atoms with Crippen LogP contribution in [0.15, 0.2) is 0 Å². The van der Waals surface area contributed by atoms with E-state index >= 15 is 0 Å². The van der Waals surface area contributed by atoms with Crippen LogP contribution < -0.4 is 5.32 Å². The van der Waals surface area contributed by atoms with Gasteiger partial charge in [-0.1, -0.05) is 19.3 Å².